The molecular formula is C35H52N3O9+. The topological polar surface area (TPSA) is 142 Å². The van der Waals surface area contributed by atoms with Gasteiger partial charge in [-0.05, 0) is 41.5 Å². The fourth-order valence-electron chi connectivity index (χ4n) is 5.09. The number of unbranched alkanes of at least 4 members (excludes halogenated alkanes) is 1. The van der Waals surface area contributed by atoms with Gasteiger partial charge in [-0.2, -0.15) is 0 Å². The number of aliphatic carboxylic acids is 1. The highest BCUT2D eigenvalue weighted by Gasteiger charge is 2.29. The van der Waals surface area contributed by atoms with Gasteiger partial charge in [-0.3, -0.25) is 4.79 Å². The first-order valence-corrected chi connectivity index (χ1v) is 16.4. The van der Waals surface area contributed by atoms with Gasteiger partial charge in [0.05, 0.1) is 74.0 Å². The highest BCUT2D eigenvalue weighted by Crippen LogP contribution is 2.44. The predicted octanol–water partition coefficient (Wildman–Crippen LogP) is 3.43. The van der Waals surface area contributed by atoms with Crippen molar-refractivity contribution in [3.05, 3.63) is 59.7 Å². The number of nitrogens with one attached hydrogen (secondary N) is 2. The Hall–Kier alpha value is -3.55. The summed E-state index contributed by atoms with van der Waals surface area (Å²) < 4.78 is 28.3. The van der Waals surface area contributed by atoms with E-state index >= 15 is 0 Å². The van der Waals surface area contributed by atoms with Crippen molar-refractivity contribution >= 4 is 18.0 Å². The first-order chi connectivity index (χ1) is 22.7. The minimum atomic E-state index is -1.13. The number of hydrogen-bond donors (Lipinski definition) is 3. The predicted molar refractivity (Wildman–Crippen MR) is 177 cm³/mol. The lowest BCUT2D eigenvalue weighted by molar-refractivity contribution is -0.870. The summed E-state index contributed by atoms with van der Waals surface area (Å²) in [5, 5.41) is 14.9. The monoisotopic (exact) mass is 658 g/mol. The fraction of sp³-hybridized carbons (Fsp3) is 0.571. The second-order valence-corrected chi connectivity index (χ2v) is 12.4. The smallest absolute Gasteiger partial charge is 0.407 e. The van der Waals surface area contributed by atoms with Gasteiger partial charge in [0, 0.05) is 18.9 Å². The molecule has 0 unspecified atom stereocenters. The molecule has 0 radical (unpaired) electrons. The summed E-state index contributed by atoms with van der Waals surface area (Å²) in [6.07, 6.45) is 0.744. The van der Waals surface area contributed by atoms with Gasteiger partial charge < -0.3 is 43.9 Å². The summed E-state index contributed by atoms with van der Waals surface area (Å²) in [6, 6.07) is 14.9. The number of carboxylic acid groups (broad SMARTS) is 1. The number of carbonyl (C=O) groups is 3. The number of benzene rings is 2. The molecule has 1 aliphatic carbocycles. The van der Waals surface area contributed by atoms with Crippen LogP contribution in [0.25, 0.3) is 11.1 Å². The molecule has 3 rings (SSSR count). The largest absolute Gasteiger partial charge is 0.480 e. The average molecular weight is 659 g/mol. The van der Waals surface area contributed by atoms with Crippen molar-refractivity contribution in [2.75, 3.05) is 93.7 Å². The summed E-state index contributed by atoms with van der Waals surface area (Å²) in [5.41, 5.74) is 4.40. The molecule has 0 aromatic heterocycles. The van der Waals surface area contributed by atoms with Crippen molar-refractivity contribution in [2.24, 2.45) is 0 Å². The standard InChI is InChI=1S/C35H51N3O9/c1-38(2,3)17-19-44-21-23-46-25-24-45-22-20-43-18-15-33(39)36-16-9-8-14-32(34(40)41)37-35(42)47-26-31-29-12-6-4-10-27(29)28-11-5-7-13-30(28)31/h4-7,10-13,31-32H,8-9,14-26H2,1-3H3,(H2-,36,37,39,40,41,42)/p+1/t32-/m0/s1. The number of quaternary nitrogens is 1. The molecular weight excluding hydrogens is 606 g/mol. The van der Waals surface area contributed by atoms with Crippen molar-refractivity contribution in [1.29, 1.82) is 0 Å². The van der Waals surface area contributed by atoms with Crippen LogP contribution in [0, 0.1) is 0 Å². The number of nitrogens with zero attached hydrogens (tertiary/aromatic N) is 1. The Balaban J connectivity index is 1.17. The van der Waals surface area contributed by atoms with Crippen molar-refractivity contribution in [2.45, 2.75) is 37.6 Å². The third-order valence-corrected chi connectivity index (χ3v) is 7.67. The molecule has 2 aromatic rings. The van der Waals surface area contributed by atoms with E-state index in [1.807, 2.05) is 36.4 Å². The van der Waals surface area contributed by atoms with Gasteiger partial charge in [-0.1, -0.05) is 48.5 Å². The Labute approximate surface area is 278 Å². The SMILES string of the molecule is C[N+](C)(C)CCOCCOCCOCCOCCC(=O)NCCCC[C@H](NC(=O)OCC1c2ccccc2-c2ccccc21)C(=O)O. The molecule has 0 aliphatic heterocycles. The number of amides is 2. The van der Waals surface area contributed by atoms with E-state index in [0.717, 1.165) is 33.3 Å². The summed E-state index contributed by atoms with van der Waals surface area (Å²) in [5.74, 6) is -1.38. The third-order valence-electron chi connectivity index (χ3n) is 7.67. The van der Waals surface area contributed by atoms with E-state index in [9.17, 15) is 19.5 Å². The van der Waals surface area contributed by atoms with E-state index in [1.165, 1.54) is 0 Å². The molecule has 12 nitrogen and oxygen atoms in total. The number of ether oxygens (including phenoxy) is 5. The Morgan fingerprint density at radius 3 is 1.85 bits per heavy atom. The molecule has 0 fully saturated rings. The quantitative estimate of drug-likeness (QED) is 0.114. The Morgan fingerprint density at radius 2 is 1.30 bits per heavy atom. The normalized spacial score (nSPS) is 13.1. The molecule has 260 valence electrons. The molecule has 47 heavy (non-hydrogen) atoms. The van der Waals surface area contributed by atoms with Crippen LogP contribution in [0.1, 0.15) is 42.7 Å². The first kappa shape index (κ1) is 37.9. The molecule has 2 aromatic carbocycles. The van der Waals surface area contributed by atoms with Gasteiger partial charge in [0.15, 0.2) is 0 Å². The zero-order chi connectivity index (χ0) is 33.9. The lowest BCUT2D eigenvalue weighted by Gasteiger charge is -2.23. The van der Waals surface area contributed by atoms with Gasteiger partial charge in [0.25, 0.3) is 0 Å². The second-order valence-electron chi connectivity index (χ2n) is 12.4. The maximum Gasteiger partial charge on any atom is 0.407 e. The third kappa shape index (κ3) is 14.4. The average Bonchev–Trinajstić information content (AvgIpc) is 3.36. The van der Waals surface area contributed by atoms with Crippen molar-refractivity contribution in [3.8, 4) is 11.1 Å². The molecule has 0 saturated heterocycles. The molecule has 3 N–H and O–H groups in total. The number of hydrogen-bond acceptors (Lipinski definition) is 8. The summed E-state index contributed by atoms with van der Waals surface area (Å²) >= 11 is 0. The summed E-state index contributed by atoms with van der Waals surface area (Å²) in [6.45, 7) is 5.30. The van der Waals surface area contributed by atoms with Crippen LogP contribution in [0.15, 0.2) is 48.5 Å². The van der Waals surface area contributed by atoms with Gasteiger partial charge in [0.1, 0.15) is 19.2 Å². The van der Waals surface area contributed by atoms with E-state index in [4.69, 9.17) is 23.7 Å². The second kappa shape index (κ2) is 20.6. The highest BCUT2D eigenvalue weighted by molar-refractivity contribution is 5.81. The fourth-order valence-corrected chi connectivity index (χ4v) is 5.09. The highest BCUT2D eigenvalue weighted by atomic mass is 16.6. The number of carbonyl (C=O) groups excluding carboxylic acids is 2. The van der Waals surface area contributed by atoms with Crippen molar-refractivity contribution in [1.82, 2.24) is 10.6 Å². The maximum atomic E-state index is 12.5. The van der Waals surface area contributed by atoms with Crippen LogP contribution >= 0.6 is 0 Å². The van der Waals surface area contributed by atoms with Crippen LogP contribution in [0.5, 0.6) is 0 Å². The van der Waals surface area contributed by atoms with Crippen LogP contribution in [0.2, 0.25) is 0 Å². The van der Waals surface area contributed by atoms with Crippen LogP contribution in [0.4, 0.5) is 4.79 Å². The zero-order valence-electron chi connectivity index (χ0n) is 28.0. The molecule has 1 aliphatic rings. The molecule has 0 saturated carbocycles. The van der Waals surface area contributed by atoms with E-state index in [-0.39, 0.29) is 37.9 Å². The molecule has 12 heteroatoms. The molecule has 0 spiro atoms. The molecule has 1 atom stereocenters. The van der Waals surface area contributed by atoms with Gasteiger partial charge >= 0.3 is 12.1 Å². The van der Waals surface area contributed by atoms with Crippen LogP contribution in [-0.4, -0.2) is 127 Å². The van der Waals surface area contributed by atoms with Gasteiger partial charge in [-0.15, -0.1) is 0 Å². The number of alkyl carbamates (subject to hydrolysis) is 1. The minimum absolute atomic E-state index is 0.108. The molecule has 0 bridgehead atoms. The zero-order valence-corrected chi connectivity index (χ0v) is 28.0. The van der Waals surface area contributed by atoms with Crippen LogP contribution in [0.3, 0.4) is 0 Å². The number of fused-ring (bicyclic) bond motifs is 3. The van der Waals surface area contributed by atoms with Crippen molar-refractivity contribution in [3.63, 3.8) is 0 Å². The summed E-state index contributed by atoms with van der Waals surface area (Å²) in [7, 11) is 6.37. The Bertz CT molecular complexity index is 1210. The molecule has 0 heterocycles. The lowest BCUT2D eigenvalue weighted by Crippen LogP contribution is -2.41. The summed E-state index contributed by atoms with van der Waals surface area (Å²) in [4.78, 5) is 36.3. The number of rotatable bonds is 24. The molecule has 2 amide bonds. The maximum absolute atomic E-state index is 12.5. The van der Waals surface area contributed by atoms with Crippen LogP contribution < -0.4 is 10.6 Å². The minimum Gasteiger partial charge on any atom is -0.480 e. The first-order valence-electron chi connectivity index (χ1n) is 16.4. The van der Waals surface area contributed by atoms with Crippen LogP contribution in [-0.2, 0) is 33.3 Å². The Kier molecular flexibility index (Phi) is 16.6. The number of likely N-dealkylation sites (N-methyl/N-ethyl adjacent to an activating group) is 1. The van der Waals surface area contributed by atoms with Gasteiger partial charge in [-0.25, -0.2) is 9.59 Å². The van der Waals surface area contributed by atoms with E-state index in [1.54, 1.807) is 0 Å². The lowest BCUT2D eigenvalue weighted by atomic mass is 9.98. The van der Waals surface area contributed by atoms with E-state index in [2.05, 4.69) is 43.9 Å². The number of carboxylic acids is 1. The van der Waals surface area contributed by atoms with E-state index in [0.29, 0.717) is 65.6 Å². The van der Waals surface area contributed by atoms with Gasteiger partial charge in [0.2, 0.25) is 5.91 Å². The van der Waals surface area contributed by atoms with Crippen molar-refractivity contribution < 1.29 is 47.7 Å². The Morgan fingerprint density at radius 1 is 0.766 bits per heavy atom. The van der Waals surface area contributed by atoms with E-state index < -0.39 is 18.1 Å².